The second-order valence-corrected chi connectivity index (χ2v) is 5.64. The molecule has 1 aliphatic carbocycles. The lowest BCUT2D eigenvalue weighted by Gasteiger charge is -2.18. The van der Waals surface area contributed by atoms with Gasteiger partial charge in [-0.05, 0) is 26.7 Å². The number of carbonyl (C=O) groups is 3. The van der Waals surface area contributed by atoms with Crippen LogP contribution in [-0.4, -0.2) is 24.6 Å². The van der Waals surface area contributed by atoms with Gasteiger partial charge < -0.3 is 4.74 Å². The second kappa shape index (κ2) is 7.18. The van der Waals surface area contributed by atoms with Gasteiger partial charge in [-0.2, -0.15) is 0 Å². The molecule has 0 atom stereocenters. The summed E-state index contributed by atoms with van der Waals surface area (Å²) in [7, 11) is 1.36. The number of carbonyl (C=O) groups excluding carboxylic acids is 3. The van der Waals surface area contributed by atoms with Gasteiger partial charge in [0.25, 0.3) is 0 Å². The quantitative estimate of drug-likeness (QED) is 0.615. The van der Waals surface area contributed by atoms with Crippen LogP contribution in [0, 0.1) is 0 Å². The minimum absolute atomic E-state index is 0.0872. The van der Waals surface area contributed by atoms with Crippen molar-refractivity contribution in [3.05, 3.63) is 58.2 Å². The van der Waals surface area contributed by atoms with Crippen LogP contribution in [0.2, 0.25) is 0 Å². The van der Waals surface area contributed by atoms with Crippen molar-refractivity contribution in [2.75, 3.05) is 7.11 Å². The smallest absolute Gasteiger partial charge is 0.305 e. The molecule has 0 aromatic heterocycles. The average Bonchev–Trinajstić information content (AvgIpc) is 2.57. The number of benzene rings is 1. The van der Waals surface area contributed by atoms with Crippen LogP contribution < -0.4 is 0 Å². The van der Waals surface area contributed by atoms with Crippen LogP contribution in [0.3, 0.4) is 0 Å². The Balaban J connectivity index is 2.17. The molecule has 0 N–H and O–H groups in total. The van der Waals surface area contributed by atoms with Crippen LogP contribution in [0.1, 0.15) is 53.8 Å². The Labute approximate surface area is 135 Å². The molecule has 0 saturated carbocycles. The van der Waals surface area contributed by atoms with Gasteiger partial charge in [-0.3, -0.25) is 14.4 Å². The maximum atomic E-state index is 12.6. The molecular formula is C19H20O4. The first-order valence-corrected chi connectivity index (χ1v) is 7.56. The molecule has 0 aliphatic heterocycles. The third kappa shape index (κ3) is 3.65. The number of esters is 1. The normalized spacial score (nSPS) is 14.8. The van der Waals surface area contributed by atoms with E-state index in [1.165, 1.54) is 7.11 Å². The van der Waals surface area contributed by atoms with Crippen molar-refractivity contribution < 1.29 is 19.1 Å². The van der Waals surface area contributed by atoms with Crippen molar-refractivity contribution in [2.24, 2.45) is 0 Å². The van der Waals surface area contributed by atoms with Crippen LogP contribution >= 0.6 is 0 Å². The summed E-state index contributed by atoms with van der Waals surface area (Å²) in [5.41, 5.74) is 2.98. The molecule has 120 valence electrons. The molecule has 1 aromatic carbocycles. The van der Waals surface area contributed by atoms with Crippen LogP contribution in [-0.2, 0) is 9.53 Å². The number of fused-ring (bicyclic) bond motifs is 1. The van der Waals surface area contributed by atoms with E-state index in [0.717, 1.165) is 5.57 Å². The van der Waals surface area contributed by atoms with E-state index in [4.69, 9.17) is 0 Å². The summed E-state index contributed by atoms with van der Waals surface area (Å²) in [6.07, 6.45) is 3.20. The van der Waals surface area contributed by atoms with Gasteiger partial charge in [-0.1, -0.05) is 35.9 Å². The van der Waals surface area contributed by atoms with Crippen LogP contribution in [0.4, 0.5) is 0 Å². The number of ether oxygens (including phenoxy) is 1. The molecule has 0 spiro atoms. The Hall–Kier alpha value is -2.49. The van der Waals surface area contributed by atoms with Gasteiger partial charge in [-0.15, -0.1) is 0 Å². The van der Waals surface area contributed by atoms with Crippen LogP contribution in [0.5, 0.6) is 0 Å². The highest BCUT2D eigenvalue weighted by Gasteiger charge is 2.28. The zero-order valence-electron chi connectivity index (χ0n) is 13.6. The molecule has 0 unspecified atom stereocenters. The summed E-state index contributed by atoms with van der Waals surface area (Å²) in [4.78, 5) is 36.1. The summed E-state index contributed by atoms with van der Waals surface area (Å²) in [5.74, 6) is -0.434. The highest BCUT2D eigenvalue weighted by molar-refractivity contribution is 6.26. The molecule has 0 saturated heterocycles. The van der Waals surface area contributed by atoms with Gasteiger partial charge in [0.1, 0.15) is 0 Å². The summed E-state index contributed by atoms with van der Waals surface area (Å²) < 4.78 is 4.61. The largest absolute Gasteiger partial charge is 0.469 e. The maximum absolute atomic E-state index is 12.6. The Morgan fingerprint density at radius 3 is 2.30 bits per heavy atom. The molecule has 0 amide bonds. The van der Waals surface area contributed by atoms with Crippen LogP contribution in [0.15, 0.2) is 47.1 Å². The number of allylic oxidation sites excluding steroid dienone is 4. The molecule has 0 heterocycles. The third-order valence-electron chi connectivity index (χ3n) is 4.09. The van der Waals surface area contributed by atoms with Crippen LogP contribution in [0.25, 0.3) is 0 Å². The van der Waals surface area contributed by atoms with E-state index >= 15 is 0 Å². The van der Waals surface area contributed by atoms with E-state index in [-0.39, 0.29) is 17.5 Å². The van der Waals surface area contributed by atoms with Gasteiger partial charge in [-0.25, -0.2) is 0 Å². The minimum Gasteiger partial charge on any atom is -0.469 e. The average molecular weight is 312 g/mol. The Kier molecular flexibility index (Phi) is 5.27. The van der Waals surface area contributed by atoms with E-state index in [9.17, 15) is 14.4 Å². The predicted octanol–water partition coefficient (Wildman–Crippen LogP) is 3.67. The number of methoxy groups -OCH3 is 1. The predicted molar refractivity (Wildman–Crippen MR) is 87.4 cm³/mol. The highest BCUT2D eigenvalue weighted by atomic mass is 16.5. The lowest BCUT2D eigenvalue weighted by atomic mass is 9.83. The summed E-state index contributed by atoms with van der Waals surface area (Å²) >= 11 is 0. The SMILES string of the molecule is COC(=O)CCC(C)=CCC1=C(C)C(=O)c2ccccc2C1=O. The van der Waals surface area contributed by atoms with Crippen molar-refractivity contribution in [3.63, 3.8) is 0 Å². The van der Waals surface area contributed by atoms with E-state index in [1.807, 2.05) is 13.0 Å². The Morgan fingerprint density at radius 2 is 1.70 bits per heavy atom. The number of Topliss-reactive ketones (excluding diaryl/α,β-unsaturated/α-hetero) is 2. The van der Waals surface area contributed by atoms with Crippen molar-refractivity contribution in [2.45, 2.75) is 33.1 Å². The van der Waals surface area contributed by atoms with E-state index in [1.54, 1.807) is 31.2 Å². The first-order valence-electron chi connectivity index (χ1n) is 7.56. The highest BCUT2D eigenvalue weighted by Crippen LogP contribution is 2.28. The number of ketones is 2. The lowest BCUT2D eigenvalue weighted by molar-refractivity contribution is -0.140. The molecular weight excluding hydrogens is 292 g/mol. The van der Waals surface area contributed by atoms with E-state index < -0.39 is 0 Å². The van der Waals surface area contributed by atoms with Gasteiger partial charge in [0, 0.05) is 28.7 Å². The number of hydrogen-bond acceptors (Lipinski definition) is 4. The van der Waals surface area contributed by atoms with Crippen molar-refractivity contribution >= 4 is 17.5 Å². The maximum Gasteiger partial charge on any atom is 0.305 e. The molecule has 2 rings (SSSR count). The van der Waals surface area contributed by atoms with E-state index in [2.05, 4.69) is 4.74 Å². The fraction of sp³-hybridized carbons (Fsp3) is 0.316. The summed E-state index contributed by atoms with van der Waals surface area (Å²) in [6.45, 7) is 3.60. The van der Waals surface area contributed by atoms with Crippen molar-refractivity contribution in [3.8, 4) is 0 Å². The van der Waals surface area contributed by atoms with Gasteiger partial charge >= 0.3 is 5.97 Å². The third-order valence-corrected chi connectivity index (χ3v) is 4.09. The number of rotatable bonds is 5. The molecule has 0 fully saturated rings. The summed E-state index contributed by atoms with van der Waals surface area (Å²) in [5, 5.41) is 0. The van der Waals surface area contributed by atoms with Gasteiger partial charge in [0.2, 0.25) is 0 Å². The van der Waals surface area contributed by atoms with E-state index in [0.29, 0.717) is 41.5 Å². The molecule has 1 aliphatic rings. The monoisotopic (exact) mass is 312 g/mol. The standard InChI is InChI=1S/C19H20O4/c1-12(9-11-17(20)23-3)8-10-14-13(2)18(21)15-6-4-5-7-16(15)19(14)22/h4-8H,9-11H2,1-3H3. The molecule has 4 nitrogen and oxygen atoms in total. The van der Waals surface area contributed by atoms with Gasteiger partial charge in [0.05, 0.1) is 7.11 Å². The molecule has 4 heteroatoms. The number of hydrogen-bond donors (Lipinski definition) is 0. The molecule has 0 radical (unpaired) electrons. The second-order valence-electron chi connectivity index (χ2n) is 5.64. The summed E-state index contributed by atoms with van der Waals surface area (Å²) in [6, 6.07) is 6.90. The first kappa shape index (κ1) is 16.9. The molecule has 0 bridgehead atoms. The zero-order chi connectivity index (χ0) is 17.0. The first-order chi connectivity index (χ1) is 11.0. The molecule has 1 aromatic rings. The fourth-order valence-corrected chi connectivity index (χ4v) is 2.58. The topological polar surface area (TPSA) is 60.4 Å². The van der Waals surface area contributed by atoms with Crippen molar-refractivity contribution in [1.82, 2.24) is 0 Å². The fourth-order valence-electron chi connectivity index (χ4n) is 2.58. The molecule has 23 heavy (non-hydrogen) atoms. The van der Waals surface area contributed by atoms with Crippen molar-refractivity contribution in [1.29, 1.82) is 0 Å². The minimum atomic E-state index is -0.258. The van der Waals surface area contributed by atoms with Gasteiger partial charge in [0.15, 0.2) is 11.6 Å². The Bertz CT molecular complexity index is 723. The Morgan fingerprint density at radius 1 is 1.09 bits per heavy atom. The zero-order valence-corrected chi connectivity index (χ0v) is 13.6. The lowest BCUT2D eigenvalue weighted by Crippen LogP contribution is -2.20.